The average molecular weight is 291 g/mol. The molecule has 21 heavy (non-hydrogen) atoms. The van der Waals surface area contributed by atoms with Crippen LogP contribution in [0.1, 0.15) is 19.4 Å². The van der Waals surface area contributed by atoms with E-state index in [0.29, 0.717) is 13.0 Å². The van der Waals surface area contributed by atoms with E-state index in [-0.39, 0.29) is 17.2 Å². The number of phenols is 1. The number of benzene rings is 1. The maximum Gasteiger partial charge on any atom is 0.239 e. The highest BCUT2D eigenvalue weighted by molar-refractivity contribution is 5.82. The van der Waals surface area contributed by atoms with Crippen LogP contribution in [-0.2, 0) is 11.2 Å². The molecule has 0 bridgehead atoms. The Morgan fingerprint density at radius 1 is 1.33 bits per heavy atom. The van der Waals surface area contributed by atoms with E-state index >= 15 is 0 Å². The maximum absolute atomic E-state index is 12.5. The van der Waals surface area contributed by atoms with Gasteiger partial charge in [0, 0.05) is 25.2 Å². The molecule has 0 aliphatic carbocycles. The summed E-state index contributed by atoms with van der Waals surface area (Å²) in [7, 11) is 2.08. The van der Waals surface area contributed by atoms with Crippen molar-refractivity contribution in [2.75, 3.05) is 26.7 Å². The third-order valence-corrected chi connectivity index (χ3v) is 4.34. The summed E-state index contributed by atoms with van der Waals surface area (Å²) >= 11 is 0. The molecule has 1 aromatic carbocycles. The van der Waals surface area contributed by atoms with Crippen molar-refractivity contribution in [2.45, 2.75) is 31.8 Å². The Hall–Kier alpha value is -1.59. The van der Waals surface area contributed by atoms with Gasteiger partial charge in [0.05, 0.1) is 6.04 Å². The second kappa shape index (κ2) is 6.03. The van der Waals surface area contributed by atoms with Gasteiger partial charge in [0.2, 0.25) is 5.91 Å². The summed E-state index contributed by atoms with van der Waals surface area (Å²) in [6.45, 7) is 6.56. The van der Waals surface area contributed by atoms with Crippen LogP contribution in [-0.4, -0.2) is 59.1 Å². The van der Waals surface area contributed by atoms with Gasteiger partial charge in [-0.3, -0.25) is 9.69 Å². The van der Waals surface area contributed by atoms with Crippen molar-refractivity contribution < 1.29 is 9.90 Å². The van der Waals surface area contributed by atoms with E-state index in [0.717, 1.165) is 18.7 Å². The van der Waals surface area contributed by atoms with Crippen LogP contribution < -0.4 is 5.73 Å². The molecule has 1 aliphatic heterocycles. The van der Waals surface area contributed by atoms with Crippen LogP contribution in [0.3, 0.4) is 0 Å². The summed E-state index contributed by atoms with van der Waals surface area (Å²) < 4.78 is 0. The quantitative estimate of drug-likeness (QED) is 0.865. The Morgan fingerprint density at radius 3 is 2.52 bits per heavy atom. The van der Waals surface area contributed by atoms with Gasteiger partial charge in [0.1, 0.15) is 5.75 Å². The first-order valence-corrected chi connectivity index (χ1v) is 7.33. The zero-order chi connectivity index (χ0) is 15.6. The number of hydrogen-bond donors (Lipinski definition) is 2. The lowest BCUT2D eigenvalue weighted by atomic mass is 9.98. The molecule has 3 N–H and O–H groups in total. The van der Waals surface area contributed by atoms with Gasteiger partial charge in [0.25, 0.3) is 0 Å². The Kier molecular flexibility index (Phi) is 4.54. The van der Waals surface area contributed by atoms with Gasteiger partial charge < -0.3 is 15.7 Å². The molecule has 1 aliphatic rings. The first kappa shape index (κ1) is 15.8. The molecule has 1 atom stereocenters. The molecular weight excluding hydrogens is 266 g/mol. The lowest BCUT2D eigenvalue weighted by Crippen LogP contribution is -2.61. The van der Waals surface area contributed by atoms with Crippen LogP contribution in [0.4, 0.5) is 0 Å². The number of rotatable bonds is 3. The van der Waals surface area contributed by atoms with E-state index in [1.165, 1.54) is 0 Å². The number of carbonyl (C=O) groups is 1. The van der Waals surface area contributed by atoms with Gasteiger partial charge in [-0.2, -0.15) is 0 Å². The molecule has 0 aromatic heterocycles. The lowest BCUT2D eigenvalue weighted by molar-refractivity contribution is -0.137. The summed E-state index contributed by atoms with van der Waals surface area (Å²) in [5.41, 5.74) is 7.01. The largest absolute Gasteiger partial charge is 0.508 e. The number of carbonyl (C=O) groups excluding carboxylic acids is 1. The summed E-state index contributed by atoms with van der Waals surface area (Å²) in [6.07, 6.45) is 0.492. The van der Waals surface area contributed by atoms with Crippen molar-refractivity contribution in [3.05, 3.63) is 29.8 Å². The fourth-order valence-corrected chi connectivity index (χ4v) is 2.64. The molecule has 0 saturated carbocycles. The standard InChI is InChI=1S/C16H25N3O2/c1-16(2)11-19(9-8-18(16)3)15(21)14(17)10-12-4-6-13(20)7-5-12/h4-7,14,20H,8-11,17H2,1-3H3/t14-/m1/s1. The third-order valence-electron chi connectivity index (χ3n) is 4.34. The number of phenolic OH excluding ortho intramolecular Hbond substituents is 1. The first-order valence-electron chi connectivity index (χ1n) is 7.33. The molecule has 0 unspecified atom stereocenters. The normalized spacial score (nSPS) is 20.3. The summed E-state index contributed by atoms with van der Waals surface area (Å²) in [5.74, 6) is 0.226. The van der Waals surface area contributed by atoms with Crippen LogP contribution in [0, 0.1) is 0 Å². The van der Waals surface area contributed by atoms with Crippen molar-refractivity contribution in [1.82, 2.24) is 9.80 Å². The number of hydrogen-bond acceptors (Lipinski definition) is 4. The number of likely N-dealkylation sites (N-methyl/N-ethyl adjacent to an activating group) is 1. The van der Waals surface area contributed by atoms with Crippen LogP contribution in [0.5, 0.6) is 5.75 Å². The molecule has 5 nitrogen and oxygen atoms in total. The molecule has 1 heterocycles. The van der Waals surface area contributed by atoms with Crippen LogP contribution in [0.15, 0.2) is 24.3 Å². The molecule has 1 aromatic rings. The zero-order valence-electron chi connectivity index (χ0n) is 13.0. The fraction of sp³-hybridized carbons (Fsp3) is 0.562. The zero-order valence-corrected chi connectivity index (χ0v) is 13.0. The lowest BCUT2D eigenvalue weighted by Gasteiger charge is -2.45. The monoisotopic (exact) mass is 291 g/mol. The van der Waals surface area contributed by atoms with Gasteiger partial charge in [-0.1, -0.05) is 12.1 Å². The Bertz CT molecular complexity index is 499. The summed E-state index contributed by atoms with van der Waals surface area (Å²) in [5, 5.41) is 9.28. The van der Waals surface area contributed by atoms with Crippen molar-refractivity contribution in [1.29, 1.82) is 0 Å². The molecule has 116 valence electrons. The number of piperazine rings is 1. The highest BCUT2D eigenvalue weighted by atomic mass is 16.3. The van der Waals surface area contributed by atoms with Gasteiger partial charge in [-0.25, -0.2) is 0 Å². The van der Waals surface area contributed by atoms with E-state index in [1.807, 2.05) is 4.90 Å². The average Bonchev–Trinajstić information content (AvgIpc) is 2.43. The van der Waals surface area contributed by atoms with Gasteiger partial charge in [0.15, 0.2) is 0 Å². The smallest absolute Gasteiger partial charge is 0.239 e. The van der Waals surface area contributed by atoms with E-state index in [1.54, 1.807) is 24.3 Å². The molecule has 0 spiro atoms. The molecule has 1 fully saturated rings. The number of amides is 1. The van der Waals surface area contributed by atoms with Crippen molar-refractivity contribution in [2.24, 2.45) is 5.73 Å². The first-order chi connectivity index (χ1) is 9.79. The number of aromatic hydroxyl groups is 1. The van der Waals surface area contributed by atoms with E-state index in [4.69, 9.17) is 5.73 Å². The minimum absolute atomic E-state index is 0.00394. The Balaban J connectivity index is 1.98. The maximum atomic E-state index is 12.5. The molecule has 0 radical (unpaired) electrons. The van der Waals surface area contributed by atoms with Gasteiger partial charge in [-0.05, 0) is 45.0 Å². The number of nitrogens with zero attached hydrogens (tertiary/aromatic N) is 2. The van der Waals surface area contributed by atoms with Crippen molar-refractivity contribution >= 4 is 5.91 Å². The Labute approximate surface area is 126 Å². The molecule has 1 amide bonds. The minimum Gasteiger partial charge on any atom is -0.508 e. The van der Waals surface area contributed by atoms with E-state index < -0.39 is 6.04 Å². The highest BCUT2D eigenvalue weighted by Gasteiger charge is 2.34. The molecule has 1 saturated heterocycles. The predicted molar refractivity (Wildman–Crippen MR) is 83.1 cm³/mol. The topological polar surface area (TPSA) is 69.8 Å². The van der Waals surface area contributed by atoms with E-state index in [9.17, 15) is 9.90 Å². The van der Waals surface area contributed by atoms with Gasteiger partial charge in [-0.15, -0.1) is 0 Å². The highest BCUT2D eigenvalue weighted by Crippen LogP contribution is 2.20. The molecule has 2 rings (SSSR count). The van der Waals surface area contributed by atoms with Gasteiger partial charge >= 0.3 is 0 Å². The van der Waals surface area contributed by atoms with Crippen molar-refractivity contribution in [3.63, 3.8) is 0 Å². The Morgan fingerprint density at radius 2 is 1.95 bits per heavy atom. The van der Waals surface area contributed by atoms with Crippen LogP contribution >= 0.6 is 0 Å². The SMILES string of the molecule is CN1CCN(C(=O)[C@H](N)Cc2ccc(O)cc2)CC1(C)C. The number of nitrogens with two attached hydrogens (primary N) is 1. The van der Waals surface area contributed by atoms with Crippen molar-refractivity contribution in [3.8, 4) is 5.75 Å². The molecular formula is C16H25N3O2. The minimum atomic E-state index is -0.534. The second-order valence-electron chi connectivity index (χ2n) is 6.47. The van der Waals surface area contributed by atoms with Crippen LogP contribution in [0.25, 0.3) is 0 Å². The summed E-state index contributed by atoms with van der Waals surface area (Å²) in [6, 6.07) is 6.30. The third kappa shape index (κ3) is 3.74. The van der Waals surface area contributed by atoms with Crippen LogP contribution in [0.2, 0.25) is 0 Å². The second-order valence-corrected chi connectivity index (χ2v) is 6.47. The molecule has 5 heteroatoms. The predicted octanol–water partition coefficient (Wildman–Crippen LogP) is 0.815. The fourth-order valence-electron chi connectivity index (χ4n) is 2.64. The van der Waals surface area contributed by atoms with E-state index in [2.05, 4.69) is 25.8 Å². The summed E-state index contributed by atoms with van der Waals surface area (Å²) in [4.78, 5) is 16.6.